The molecule has 0 aliphatic carbocycles. The summed E-state index contributed by atoms with van der Waals surface area (Å²) < 4.78 is 10.3. The zero-order valence-corrected chi connectivity index (χ0v) is 19.9. The lowest BCUT2D eigenvalue weighted by Crippen LogP contribution is -2.31. The van der Waals surface area contributed by atoms with Gasteiger partial charge in [0.15, 0.2) is 0 Å². The van der Waals surface area contributed by atoms with E-state index in [1.807, 2.05) is 68.4 Å². The Morgan fingerprint density at radius 3 is 2.42 bits per heavy atom. The molecule has 3 aromatic rings. The zero-order chi connectivity index (χ0) is 23.8. The van der Waals surface area contributed by atoms with Gasteiger partial charge < -0.3 is 14.4 Å². The van der Waals surface area contributed by atoms with Crippen LogP contribution >= 0.6 is 11.6 Å². The fraction of sp³-hybridized carbons (Fsp3) is 0.259. The average Bonchev–Trinajstić information content (AvgIpc) is 2.81. The summed E-state index contributed by atoms with van der Waals surface area (Å²) in [6, 6.07) is 21.2. The molecule has 33 heavy (non-hydrogen) atoms. The number of rotatable bonds is 8. The van der Waals surface area contributed by atoms with E-state index in [-0.39, 0.29) is 25.1 Å². The van der Waals surface area contributed by atoms with Gasteiger partial charge in [0.2, 0.25) is 0 Å². The summed E-state index contributed by atoms with van der Waals surface area (Å²) >= 11 is 6.36. The predicted molar refractivity (Wildman–Crippen MR) is 130 cm³/mol. The summed E-state index contributed by atoms with van der Waals surface area (Å²) in [5.41, 5.74) is 5.59. The van der Waals surface area contributed by atoms with Crippen molar-refractivity contribution in [3.8, 4) is 11.1 Å². The minimum atomic E-state index is -0.369. The van der Waals surface area contributed by atoms with E-state index in [2.05, 4.69) is 6.07 Å². The number of esters is 1. The third kappa shape index (κ3) is 6.83. The van der Waals surface area contributed by atoms with Crippen LogP contribution in [0.5, 0.6) is 0 Å². The van der Waals surface area contributed by atoms with Gasteiger partial charge in [-0.1, -0.05) is 71.8 Å². The van der Waals surface area contributed by atoms with Crippen LogP contribution in [0.1, 0.15) is 29.2 Å². The topological polar surface area (TPSA) is 55.8 Å². The highest BCUT2D eigenvalue weighted by Gasteiger charge is 2.17. The van der Waals surface area contributed by atoms with Crippen LogP contribution in [0.2, 0.25) is 5.02 Å². The van der Waals surface area contributed by atoms with Crippen molar-refractivity contribution in [1.82, 2.24) is 4.90 Å². The van der Waals surface area contributed by atoms with Crippen LogP contribution < -0.4 is 0 Å². The number of carbonyl (C=O) groups is 2. The fourth-order valence-electron chi connectivity index (χ4n) is 3.60. The summed E-state index contributed by atoms with van der Waals surface area (Å²) in [7, 11) is 1.36. The second-order valence-corrected chi connectivity index (χ2v) is 8.25. The van der Waals surface area contributed by atoms with Crippen molar-refractivity contribution < 1.29 is 19.1 Å². The predicted octanol–water partition coefficient (Wildman–Crippen LogP) is 6.19. The maximum Gasteiger partial charge on any atom is 0.410 e. The summed E-state index contributed by atoms with van der Waals surface area (Å²) in [6.45, 7) is 5.05. The van der Waals surface area contributed by atoms with E-state index in [0.29, 0.717) is 18.1 Å². The largest absolute Gasteiger partial charge is 0.469 e. The molecule has 0 bridgehead atoms. The van der Waals surface area contributed by atoms with Crippen LogP contribution in [-0.2, 0) is 33.8 Å². The first-order valence-corrected chi connectivity index (χ1v) is 11.2. The van der Waals surface area contributed by atoms with Crippen LogP contribution in [0, 0.1) is 6.92 Å². The quantitative estimate of drug-likeness (QED) is 0.372. The Morgan fingerprint density at radius 1 is 0.970 bits per heavy atom. The molecule has 6 heteroatoms. The molecular formula is C27H28ClNO4. The molecule has 0 aromatic heterocycles. The number of methoxy groups -OCH3 is 1. The minimum Gasteiger partial charge on any atom is -0.469 e. The van der Waals surface area contributed by atoms with Crippen LogP contribution in [0.4, 0.5) is 4.79 Å². The third-order valence-corrected chi connectivity index (χ3v) is 5.53. The Balaban J connectivity index is 1.84. The second kappa shape index (κ2) is 11.5. The van der Waals surface area contributed by atoms with Crippen molar-refractivity contribution >= 4 is 23.7 Å². The van der Waals surface area contributed by atoms with Gasteiger partial charge >= 0.3 is 12.1 Å². The van der Waals surface area contributed by atoms with Gasteiger partial charge in [0.25, 0.3) is 0 Å². The van der Waals surface area contributed by atoms with Crippen molar-refractivity contribution in [3.05, 3.63) is 94.0 Å². The Kier molecular flexibility index (Phi) is 8.50. The molecule has 0 unspecified atom stereocenters. The normalized spacial score (nSPS) is 10.5. The molecule has 0 saturated carbocycles. The van der Waals surface area contributed by atoms with E-state index in [4.69, 9.17) is 21.1 Å². The Morgan fingerprint density at radius 2 is 1.73 bits per heavy atom. The standard InChI is InChI=1S/C27H28ClNO4/c1-4-29(27(31)33-18-20-8-6-5-7-9-20)17-23-12-19(2)10-11-25(23)22-13-21(14-24(28)16-22)15-26(30)32-3/h5-14,16H,4,15,17-18H2,1-3H3. The number of carbonyl (C=O) groups excluding carboxylic acids is 2. The maximum absolute atomic E-state index is 12.8. The van der Waals surface area contributed by atoms with Crippen LogP contribution in [0.15, 0.2) is 66.7 Å². The molecular weight excluding hydrogens is 438 g/mol. The van der Waals surface area contributed by atoms with Crippen LogP contribution in [0.25, 0.3) is 11.1 Å². The van der Waals surface area contributed by atoms with E-state index in [0.717, 1.165) is 33.4 Å². The number of benzene rings is 3. The number of halogens is 1. The summed E-state index contributed by atoms with van der Waals surface area (Å²) in [4.78, 5) is 26.2. The Labute approximate surface area is 199 Å². The molecule has 3 rings (SSSR count). The molecule has 0 saturated heterocycles. The van der Waals surface area contributed by atoms with Crippen molar-refractivity contribution in [2.24, 2.45) is 0 Å². The SMILES string of the molecule is CCN(Cc1cc(C)ccc1-c1cc(Cl)cc(CC(=O)OC)c1)C(=O)OCc1ccccc1. The number of nitrogens with zero attached hydrogens (tertiary/aromatic N) is 1. The summed E-state index contributed by atoms with van der Waals surface area (Å²) in [6.07, 6.45) is -0.232. The molecule has 0 radical (unpaired) electrons. The molecule has 3 aromatic carbocycles. The first-order chi connectivity index (χ1) is 15.9. The lowest BCUT2D eigenvalue weighted by molar-refractivity contribution is -0.139. The van der Waals surface area contributed by atoms with Gasteiger partial charge in [-0.05, 0) is 53.8 Å². The number of aryl methyl sites for hydroxylation is 1. The molecule has 0 aliphatic heterocycles. The highest BCUT2D eigenvalue weighted by Crippen LogP contribution is 2.30. The van der Waals surface area contributed by atoms with Gasteiger partial charge in [0.05, 0.1) is 13.5 Å². The molecule has 0 fully saturated rings. The van der Waals surface area contributed by atoms with E-state index >= 15 is 0 Å². The number of hydrogen-bond donors (Lipinski definition) is 0. The smallest absolute Gasteiger partial charge is 0.410 e. The monoisotopic (exact) mass is 465 g/mol. The molecule has 5 nitrogen and oxygen atoms in total. The molecule has 0 spiro atoms. The Bertz CT molecular complexity index is 1110. The van der Waals surface area contributed by atoms with E-state index in [1.54, 1.807) is 11.0 Å². The third-order valence-electron chi connectivity index (χ3n) is 5.31. The van der Waals surface area contributed by atoms with E-state index < -0.39 is 0 Å². The van der Waals surface area contributed by atoms with Gasteiger partial charge in [-0.25, -0.2) is 4.79 Å². The van der Waals surface area contributed by atoms with Crippen molar-refractivity contribution in [2.45, 2.75) is 33.4 Å². The first kappa shape index (κ1) is 24.3. The average molecular weight is 466 g/mol. The number of hydrogen-bond acceptors (Lipinski definition) is 4. The number of ether oxygens (including phenoxy) is 2. The van der Waals surface area contributed by atoms with Crippen molar-refractivity contribution in [2.75, 3.05) is 13.7 Å². The second-order valence-electron chi connectivity index (χ2n) is 7.82. The Hall–Kier alpha value is -3.31. The van der Waals surface area contributed by atoms with Gasteiger partial charge in [-0.15, -0.1) is 0 Å². The molecule has 0 N–H and O–H groups in total. The maximum atomic E-state index is 12.8. The number of amides is 1. The van der Waals surface area contributed by atoms with E-state index in [9.17, 15) is 9.59 Å². The first-order valence-electron chi connectivity index (χ1n) is 10.8. The fourth-order valence-corrected chi connectivity index (χ4v) is 3.86. The van der Waals surface area contributed by atoms with Crippen LogP contribution in [-0.4, -0.2) is 30.6 Å². The van der Waals surface area contributed by atoms with Crippen LogP contribution in [0.3, 0.4) is 0 Å². The molecule has 172 valence electrons. The lowest BCUT2D eigenvalue weighted by Gasteiger charge is -2.23. The minimum absolute atomic E-state index is 0.137. The summed E-state index contributed by atoms with van der Waals surface area (Å²) in [5, 5.41) is 0.535. The van der Waals surface area contributed by atoms with Crippen molar-refractivity contribution in [3.63, 3.8) is 0 Å². The highest BCUT2D eigenvalue weighted by atomic mass is 35.5. The molecule has 0 atom stereocenters. The molecule has 0 aliphatic rings. The highest BCUT2D eigenvalue weighted by molar-refractivity contribution is 6.31. The summed E-state index contributed by atoms with van der Waals surface area (Å²) in [5.74, 6) is -0.328. The van der Waals surface area contributed by atoms with Gasteiger partial charge in [0, 0.05) is 18.1 Å². The zero-order valence-electron chi connectivity index (χ0n) is 19.1. The molecule has 0 heterocycles. The lowest BCUT2D eigenvalue weighted by atomic mass is 9.95. The van der Waals surface area contributed by atoms with Crippen molar-refractivity contribution in [1.29, 1.82) is 0 Å². The van der Waals surface area contributed by atoms with Gasteiger partial charge in [-0.3, -0.25) is 4.79 Å². The van der Waals surface area contributed by atoms with Gasteiger partial charge in [0.1, 0.15) is 6.61 Å². The van der Waals surface area contributed by atoms with E-state index in [1.165, 1.54) is 7.11 Å². The molecule has 1 amide bonds. The van der Waals surface area contributed by atoms with Gasteiger partial charge in [-0.2, -0.15) is 0 Å².